The Morgan fingerprint density at radius 3 is 2.71 bits per heavy atom. The fourth-order valence-electron chi connectivity index (χ4n) is 2.27. The minimum Gasteiger partial charge on any atom is -0.340 e. The van der Waals surface area contributed by atoms with Crippen LogP contribution in [0.3, 0.4) is 0 Å². The standard InChI is InChI=1S/C12H23N5/c1-3-11-14-12(16-15-11)17-7-5-10(6-8-17)9-13-4-2/h10,13H,3-9H2,1-2H3,(H,14,15,16). The van der Waals surface area contributed by atoms with E-state index in [4.69, 9.17) is 0 Å². The van der Waals surface area contributed by atoms with E-state index < -0.39 is 0 Å². The van der Waals surface area contributed by atoms with E-state index in [-0.39, 0.29) is 0 Å². The van der Waals surface area contributed by atoms with Crippen LogP contribution in [0.2, 0.25) is 0 Å². The predicted molar refractivity (Wildman–Crippen MR) is 69.2 cm³/mol. The van der Waals surface area contributed by atoms with Gasteiger partial charge in [-0.25, -0.2) is 0 Å². The average Bonchev–Trinajstić information content (AvgIpc) is 2.86. The van der Waals surface area contributed by atoms with E-state index in [1.165, 1.54) is 12.8 Å². The third-order valence-corrected chi connectivity index (χ3v) is 3.44. The summed E-state index contributed by atoms with van der Waals surface area (Å²) in [5.74, 6) is 2.68. The van der Waals surface area contributed by atoms with Crippen molar-refractivity contribution in [3.05, 3.63) is 5.82 Å². The van der Waals surface area contributed by atoms with E-state index in [0.29, 0.717) is 0 Å². The van der Waals surface area contributed by atoms with Crippen molar-refractivity contribution in [1.82, 2.24) is 20.5 Å². The summed E-state index contributed by atoms with van der Waals surface area (Å²) in [4.78, 5) is 6.77. The first-order valence-electron chi connectivity index (χ1n) is 6.70. The van der Waals surface area contributed by atoms with Gasteiger partial charge in [-0.2, -0.15) is 4.98 Å². The summed E-state index contributed by atoms with van der Waals surface area (Å²) in [5.41, 5.74) is 0. The molecule has 1 aromatic heterocycles. The first-order valence-corrected chi connectivity index (χ1v) is 6.70. The number of rotatable bonds is 5. The molecule has 0 aromatic carbocycles. The molecule has 17 heavy (non-hydrogen) atoms. The Morgan fingerprint density at radius 2 is 2.12 bits per heavy atom. The number of piperidine rings is 1. The van der Waals surface area contributed by atoms with Gasteiger partial charge in [0.05, 0.1) is 0 Å². The summed E-state index contributed by atoms with van der Waals surface area (Å²) in [6, 6.07) is 0. The van der Waals surface area contributed by atoms with Gasteiger partial charge >= 0.3 is 0 Å². The zero-order valence-corrected chi connectivity index (χ0v) is 10.9. The van der Waals surface area contributed by atoms with Crippen molar-refractivity contribution < 1.29 is 0 Å². The van der Waals surface area contributed by atoms with Crippen LogP contribution in [0.5, 0.6) is 0 Å². The molecule has 96 valence electrons. The highest BCUT2D eigenvalue weighted by Gasteiger charge is 2.21. The van der Waals surface area contributed by atoms with Crippen molar-refractivity contribution in [3.63, 3.8) is 0 Å². The minimum absolute atomic E-state index is 0.816. The third-order valence-electron chi connectivity index (χ3n) is 3.44. The second kappa shape index (κ2) is 6.00. The lowest BCUT2D eigenvalue weighted by Crippen LogP contribution is -2.37. The fraction of sp³-hybridized carbons (Fsp3) is 0.833. The van der Waals surface area contributed by atoms with Crippen LogP contribution < -0.4 is 10.2 Å². The van der Waals surface area contributed by atoms with Crippen molar-refractivity contribution in [2.45, 2.75) is 33.1 Å². The van der Waals surface area contributed by atoms with Crippen LogP contribution in [0, 0.1) is 5.92 Å². The Hall–Kier alpha value is -1.10. The second-order valence-electron chi connectivity index (χ2n) is 4.67. The Balaban J connectivity index is 1.82. The van der Waals surface area contributed by atoms with E-state index in [1.54, 1.807) is 0 Å². The Kier molecular flexibility index (Phi) is 4.36. The number of aryl methyl sites for hydroxylation is 1. The Bertz CT molecular complexity index is 327. The molecule has 2 N–H and O–H groups in total. The van der Waals surface area contributed by atoms with Crippen LogP contribution >= 0.6 is 0 Å². The van der Waals surface area contributed by atoms with Crippen molar-refractivity contribution >= 4 is 5.95 Å². The molecule has 1 aromatic rings. The number of aromatic nitrogens is 3. The Morgan fingerprint density at radius 1 is 1.35 bits per heavy atom. The number of H-pyrrole nitrogens is 1. The van der Waals surface area contributed by atoms with Gasteiger partial charge in [-0.1, -0.05) is 13.8 Å². The summed E-state index contributed by atoms with van der Waals surface area (Å²) >= 11 is 0. The van der Waals surface area contributed by atoms with Crippen molar-refractivity contribution in [1.29, 1.82) is 0 Å². The molecule has 0 unspecified atom stereocenters. The van der Waals surface area contributed by atoms with Crippen LogP contribution in [0.1, 0.15) is 32.5 Å². The molecule has 0 atom stereocenters. The van der Waals surface area contributed by atoms with Crippen LogP contribution in [0.25, 0.3) is 0 Å². The van der Waals surface area contributed by atoms with Crippen molar-refractivity contribution in [2.75, 3.05) is 31.1 Å². The van der Waals surface area contributed by atoms with E-state index in [1.807, 2.05) is 0 Å². The molecule has 0 radical (unpaired) electrons. The summed E-state index contributed by atoms with van der Waals surface area (Å²) in [6.07, 6.45) is 3.40. The van der Waals surface area contributed by atoms with Crippen LogP contribution in [0.15, 0.2) is 0 Å². The van der Waals surface area contributed by atoms with E-state index in [0.717, 1.165) is 50.3 Å². The maximum absolute atomic E-state index is 4.48. The predicted octanol–water partition coefficient (Wildman–Crippen LogP) is 1.19. The molecule has 0 saturated carbocycles. The topological polar surface area (TPSA) is 56.8 Å². The van der Waals surface area contributed by atoms with Gasteiger partial charge in [-0.05, 0) is 31.8 Å². The third kappa shape index (κ3) is 3.19. The maximum atomic E-state index is 4.48. The molecule has 5 nitrogen and oxygen atoms in total. The van der Waals surface area contributed by atoms with E-state index in [9.17, 15) is 0 Å². The minimum atomic E-state index is 0.816. The summed E-state index contributed by atoms with van der Waals surface area (Å²) in [5, 5.41) is 10.7. The van der Waals surface area contributed by atoms with Gasteiger partial charge in [0.2, 0.25) is 5.95 Å². The molecule has 0 spiro atoms. The molecule has 2 heterocycles. The fourth-order valence-corrected chi connectivity index (χ4v) is 2.27. The van der Waals surface area contributed by atoms with Crippen LogP contribution in [-0.4, -0.2) is 41.4 Å². The summed E-state index contributed by atoms with van der Waals surface area (Å²) < 4.78 is 0. The molecule has 0 amide bonds. The number of nitrogens with one attached hydrogen (secondary N) is 2. The molecule has 2 rings (SSSR count). The normalized spacial score (nSPS) is 17.6. The van der Waals surface area contributed by atoms with Gasteiger partial charge < -0.3 is 10.2 Å². The number of anilines is 1. The summed E-state index contributed by atoms with van der Waals surface area (Å²) in [7, 11) is 0. The molecule has 5 heteroatoms. The molecule has 1 aliphatic rings. The van der Waals surface area contributed by atoms with Gasteiger partial charge in [0.25, 0.3) is 0 Å². The van der Waals surface area contributed by atoms with Gasteiger partial charge in [-0.15, -0.1) is 5.10 Å². The molecule has 1 aliphatic heterocycles. The first kappa shape index (κ1) is 12.4. The molecule has 1 saturated heterocycles. The van der Waals surface area contributed by atoms with Gasteiger partial charge in [-0.3, -0.25) is 5.10 Å². The maximum Gasteiger partial charge on any atom is 0.244 e. The Labute approximate surface area is 103 Å². The number of aromatic amines is 1. The highest BCUT2D eigenvalue weighted by Crippen LogP contribution is 2.19. The highest BCUT2D eigenvalue weighted by atomic mass is 15.4. The van der Waals surface area contributed by atoms with Gasteiger partial charge in [0, 0.05) is 19.5 Å². The molecule has 1 fully saturated rings. The van der Waals surface area contributed by atoms with Crippen LogP contribution in [0.4, 0.5) is 5.95 Å². The number of hydrogen-bond acceptors (Lipinski definition) is 4. The average molecular weight is 237 g/mol. The van der Waals surface area contributed by atoms with Crippen molar-refractivity contribution in [3.8, 4) is 0 Å². The number of nitrogens with zero attached hydrogens (tertiary/aromatic N) is 3. The quantitative estimate of drug-likeness (QED) is 0.808. The molecule has 0 aliphatic carbocycles. The monoisotopic (exact) mass is 237 g/mol. The highest BCUT2D eigenvalue weighted by molar-refractivity contribution is 5.29. The summed E-state index contributed by atoms with van der Waals surface area (Å²) in [6.45, 7) is 8.63. The van der Waals surface area contributed by atoms with Gasteiger partial charge in [0.15, 0.2) is 0 Å². The SMILES string of the molecule is CCNCC1CCN(c2n[nH]c(CC)n2)CC1. The first-order chi connectivity index (χ1) is 8.33. The smallest absolute Gasteiger partial charge is 0.244 e. The molecular weight excluding hydrogens is 214 g/mol. The lowest BCUT2D eigenvalue weighted by atomic mass is 9.97. The lowest BCUT2D eigenvalue weighted by Gasteiger charge is -2.31. The molecular formula is C12H23N5. The van der Waals surface area contributed by atoms with E-state index >= 15 is 0 Å². The lowest BCUT2D eigenvalue weighted by molar-refractivity contribution is 0.384. The van der Waals surface area contributed by atoms with Crippen LogP contribution in [-0.2, 0) is 6.42 Å². The largest absolute Gasteiger partial charge is 0.340 e. The second-order valence-corrected chi connectivity index (χ2v) is 4.67. The molecule has 0 bridgehead atoms. The van der Waals surface area contributed by atoms with Gasteiger partial charge in [0.1, 0.15) is 5.82 Å². The van der Waals surface area contributed by atoms with Crippen molar-refractivity contribution in [2.24, 2.45) is 5.92 Å². The van der Waals surface area contributed by atoms with E-state index in [2.05, 4.69) is 39.2 Å². The zero-order chi connectivity index (χ0) is 12.1. The number of hydrogen-bond donors (Lipinski definition) is 2. The zero-order valence-electron chi connectivity index (χ0n) is 10.9.